The second kappa shape index (κ2) is 18.0. The number of aromatic nitrogens is 5. The lowest BCUT2D eigenvalue weighted by Gasteiger charge is -2.32. The summed E-state index contributed by atoms with van der Waals surface area (Å²) in [5, 5.41) is 17.3. The quantitative estimate of drug-likeness (QED) is 0.171. The lowest BCUT2D eigenvalue weighted by Crippen LogP contribution is -2.50. The van der Waals surface area contributed by atoms with Gasteiger partial charge in [0.15, 0.2) is 0 Å². The Bertz CT molecular complexity index is 1820. The summed E-state index contributed by atoms with van der Waals surface area (Å²) in [4.78, 5) is 49.2. The molecule has 2 saturated carbocycles. The molecule has 53 heavy (non-hydrogen) atoms. The number of halogens is 1. The number of nitrogens with zero attached hydrogens (tertiary/aromatic N) is 6. The van der Waals surface area contributed by atoms with E-state index < -0.39 is 11.9 Å². The molecule has 2 aliphatic rings. The smallest absolute Gasteiger partial charge is 0.270 e. The molecule has 0 aliphatic heterocycles. The second-order valence-corrected chi connectivity index (χ2v) is 14.5. The van der Waals surface area contributed by atoms with Crippen molar-refractivity contribution >= 4 is 35.8 Å². The molecule has 2 heterocycles. The number of carbonyl (C=O) groups excluding carboxylic acids is 3. The summed E-state index contributed by atoms with van der Waals surface area (Å²) in [6.45, 7) is 2.50. The number of hydrogen-bond donors (Lipinski definition) is 4. The van der Waals surface area contributed by atoms with Gasteiger partial charge in [0.25, 0.3) is 11.8 Å². The number of pyridine rings is 1. The standard InChI is InChI=1S/C39H50N10O3.ClH/c1-24-33(20-21-35(42-24)37(50)43-30-14-18-31(19-15-30)48(2)3)27-8-4-25(5-9-27)22-34(41)39(52)49(38(51)29-10-6-26(23-40)7-11-29)32-16-12-28(13-17-32)36-44-46-47-45-36;/h4-5,8-9,12-13,16-17,20-21,26,29-31,34H,6-7,10-11,14-15,18-19,22-23,40-41H2,1-3H3,(H,43,50)(H,44,45,46,47);1H/t26?,29?,30?,31?,34-;/m0./s1. The highest BCUT2D eigenvalue weighted by molar-refractivity contribution is 6.17. The summed E-state index contributed by atoms with van der Waals surface area (Å²) >= 11 is 0. The first kappa shape index (κ1) is 39.6. The maximum Gasteiger partial charge on any atom is 0.270 e. The minimum atomic E-state index is -0.953. The van der Waals surface area contributed by atoms with E-state index in [2.05, 4.69) is 49.9 Å². The van der Waals surface area contributed by atoms with E-state index in [1.807, 2.05) is 37.3 Å². The minimum Gasteiger partial charge on any atom is -0.348 e. The number of benzene rings is 2. The van der Waals surface area contributed by atoms with Crippen LogP contribution in [-0.2, 0) is 16.0 Å². The second-order valence-electron chi connectivity index (χ2n) is 14.5. The van der Waals surface area contributed by atoms with E-state index in [0.717, 1.165) is 60.9 Å². The van der Waals surface area contributed by atoms with Crippen LogP contribution in [0.15, 0.2) is 60.7 Å². The van der Waals surface area contributed by atoms with E-state index in [4.69, 9.17) is 11.5 Å². The molecule has 2 aliphatic carbocycles. The predicted octanol–water partition coefficient (Wildman–Crippen LogP) is 4.46. The van der Waals surface area contributed by atoms with E-state index in [1.165, 1.54) is 4.90 Å². The van der Waals surface area contributed by atoms with Crippen molar-refractivity contribution in [2.75, 3.05) is 25.5 Å². The molecule has 2 fully saturated rings. The number of aromatic amines is 1. The minimum absolute atomic E-state index is 0. The number of amides is 3. The number of aryl methyl sites for hydroxylation is 1. The molecule has 3 amide bonds. The van der Waals surface area contributed by atoms with Crippen molar-refractivity contribution < 1.29 is 14.4 Å². The number of anilines is 1. The van der Waals surface area contributed by atoms with Crippen molar-refractivity contribution in [1.29, 1.82) is 0 Å². The highest BCUT2D eigenvalue weighted by atomic mass is 35.5. The van der Waals surface area contributed by atoms with Gasteiger partial charge in [-0.05, 0) is 138 Å². The molecule has 4 aromatic rings. The first-order valence-electron chi connectivity index (χ1n) is 18.3. The first-order chi connectivity index (χ1) is 25.1. The Kier molecular flexibility index (Phi) is 13.4. The van der Waals surface area contributed by atoms with Gasteiger partial charge >= 0.3 is 0 Å². The lowest BCUT2D eigenvalue weighted by molar-refractivity contribution is -0.130. The maximum absolute atomic E-state index is 14.0. The number of tetrazole rings is 1. The topological polar surface area (TPSA) is 189 Å². The van der Waals surface area contributed by atoms with Crippen molar-refractivity contribution in [2.24, 2.45) is 23.3 Å². The van der Waals surface area contributed by atoms with Crippen molar-refractivity contribution in [3.63, 3.8) is 0 Å². The molecule has 0 saturated heterocycles. The maximum atomic E-state index is 14.0. The summed E-state index contributed by atoms with van der Waals surface area (Å²) in [5.74, 6) is -0.315. The summed E-state index contributed by atoms with van der Waals surface area (Å²) in [6.07, 6.45) is 7.39. The predicted molar refractivity (Wildman–Crippen MR) is 207 cm³/mol. The van der Waals surface area contributed by atoms with Gasteiger partial charge in [0.2, 0.25) is 11.7 Å². The summed E-state index contributed by atoms with van der Waals surface area (Å²) in [6, 6.07) is 18.3. The Morgan fingerprint density at radius 3 is 2.13 bits per heavy atom. The average molecular weight is 743 g/mol. The van der Waals surface area contributed by atoms with E-state index in [1.54, 1.807) is 30.3 Å². The monoisotopic (exact) mass is 742 g/mol. The third kappa shape index (κ3) is 9.52. The van der Waals surface area contributed by atoms with Gasteiger partial charge in [-0.15, -0.1) is 22.6 Å². The molecule has 0 radical (unpaired) electrons. The van der Waals surface area contributed by atoms with Gasteiger partial charge in [-0.3, -0.25) is 14.4 Å². The van der Waals surface area contributed by atoms with Crippen LogP contribution in [0.1, 0.15) is 73.1 Å². The zero-order chi connectivity index (χ0) is 36.8. The van der Waals surface area contributed by atoms with Crippen LogP contribution in [-0.4, -0.2) is 87.0 Å². The largest absolute Gasteiger partial charge is 0.348 e. The van der Waals surface area contributed by atoms with Crippen molar-refractivity contribution in [3.05, 3.63) is 77.6 Å². The van der Waals surface area contributed by atoms with Crippen molar-refractivity contribution in [3.8, 4) is 22.5 Å². The molecule has 2 aromatic heterocycles. The average Bonchev–Trinajstić information content (AvgIpc) is 3.71. The summed E-state index contributed by atoms with van der Waals surface area (Å²) in [5.41, 5.74) is 17.5. The van der Waals surface area contributed by atoms with Gasteiger partial charge in [-0.25, -0.2) is 9.88 Å². The van der Waals surface area contributed by atoms with Gasteiger partial charge in [0.05, 0.1) is 11.7 Å². The van der Waals surface area contributed by atoms with Crippen LogP contribution in [0.2, 0.25) is 0 Å². The number of hydrogen-bond acceptors (Lipinski definition) is 10. The van der Waals surface area contributed by atoms with E-state index in [0.29, 0.717) is 54.1 Å². The first-order valence-corrected chi connectivity index (χ1v) is 18.3. The fraction of sp³-hybridized carbons (Fsp3) is 0.462. The zero-order valence-corrected chi connectivity index (χ0v) is 31.5. The Hall–Kier alpha value is -4.56. The highest BCUT2D eigenvalue weighted by Crippen LogP contribution is 2.32. The number of H-pyrrole nitrogens is 1. The molecule has 13 nitrogen and oxygen atoms in total. The fourth-order valence-corrected chi connectivity index (χ4v) is 7.55. The molecule has 0 spiro atoms. The zero-order valence-electron chi connectivity index (χ0n) is 30.7. The Labute approximate surface area is 317 Å². The van der Waals surface area contributed by atoms with Crippen LogP contribution in [0.25, 0.3) is 22.5 Å². The molecule has 0 bridgehead atoms. The van der Waals surface area contributed by atoms with Crippen LogP contribution in [0.4, 0.5) is 5.69 Å². The van der Waals surface area contributed by atoms with E-state index in [9.17, 15) is 14.4 Å². The van der Waals surface area contributed by atoms with Crippen LogP contribution in [0.5, 0.6) is 0 Å². The number of nitrogens with one attached hydrogen (secondary N) is 2. The Balaban J connectivity index is 0.00000541. The van der Waals surface area contributed by atoms with E-state index >= 15 is 0 Å². The van der Waals surface area contributed by atoms with Crippen molar-refractivity contribution in [1.82, 2.24) is 35.8 Å². The van der Waals surface area contributed by atoms with Gasteiger partial charge in [-0.1, -0.05) is 30.3 Å². The number of imide groups is 1. The van der Waals surface area contributed by atoms with Crippen LogP contribution < -0.4 is 21.7 Å². The van der Waals surface area contributed by atoms with Crippen LogP contribution >= 0.6 is 12.4 Å². The normalized spacial score (nSPS) is 20.6. The van der Waals surface area contributed by atoms with E-state index in [-0.39, 0.29) is 42.6 Å². The molecular weight excluding hydrogens is 692 g/mol. The number of nitrogens with two attached hydrogens (primary N) is 2. The number of rotatable bonds is 11. The highest BCUT2D eigenvalue weighted by Gasteiger charge is 2.35. The third-order valence-electron chi connectivity index (χ3n) is 10.8. The van der Waals surface area contributed by atoms with Crippen LogP contribution in [0, 0.1) is 18.8 Å². The van der Waals surface area contributed by atoms with Gasteiger partial charge in [0, 0.05) is 34.8 Å². The van der Waals surface area contributed by atoms with Crippen molar-refractivity contribution in [2.45, 2.75) is 82.8 Å². The van der Waals surface area contributed by atoms with Crippen LogP contribution in [0.3, 0.4) is 0 Å². The molecule has 1 atom stereocenters. The van der Waals surface area contributed by atoms with Gasteiger partial charge < -0.3 is 21.7 Å². The van der Waals surface area contributed by atoms with Gasteiger partial charge in [-0.2, -0.15) is 5.21 Å². The SMILES string of the molecule is Cc1nc(C(=O)NC2CCC(N(C)C)CC2)ccc1-c1ccc(C[C@H](N)C(=O)N(C(=O)C2CCC(CN)CC2)c2ccc(-c3nn[nH]n3)cc2)cc1.Cl. The summed E-state index contributed by atoms with van der Waals surface area (Å²) < 4.78 is 0. The molecule has 6 rings (SSSR count). The Morgan fingerprint density at radius 2 is 1.55 bits per heavy atom. The molecule has 282 valence electrons. The third-order valence-corrected chi connectivity index (χ3v) is 10.8. The van der Waals surface area contributed by atoms with Gasteiger partial charge in [0.1, 0.15) is 5.69 Å². The molecule has 14 heteroatoms. The fourth-order valence-electron chi connectivity index (χ4n) is 7.55. The summed E-state index contributed by atoms with van der Waals surface area (Å²) in [7, 11) is 4.22. The Morgan fingerprint density at radius 1 is 0.887 bits per heavy atom. The molecule has 6 N–H and O–H groups in total. The molecule has 2 aromatic carbocycles. The lowest BCUT2D eigenvalue weighted by atomic mass is 9.81. The number of carbonyl (C=O) groups is 3. The molecule has 0 unspecified atom stereocenters. The molecular formula is C39H51ClN10O3.